The van der Waals surface area contributed by atoms with Gasteiger partial charge in [0, 0.05) is 11.1 Å². The number of carbonyl (C=O) groups is 1. The number of aromatic nitrogens is 2. The van der Waals surface area contributed by atoms with Gasteiger partial charge in [0.2, 0.25) is 0 Å². The molecule has 1 aromatic heterocycles. The Morgan fingerprint density at radius 3 is 2.66 bits per heavy atom. The predicted octanol–water partition coefficient (Wildman–Crippen LogP) is 4.43. The molecule has 1 aliphatic rings. The van der Waals surface area contributed by atoms with E-state index in [-0.39, 0.29) is 11.9 Å². The normalized spacial score (nSPS) is 13.7. The first-order valence-electron chi connectivity index (χ1n) is 9.98. The lowest BCUT2D eigenvalue weighted by atomic mass is 10.0. The number of fused-ring (bicyclic) bond motifs is 1. The molecule has 6 heteroatoms. The Bertz CT molecular complexity index is 998. The van der Waals surface area contributed by atoms with E-state index < -0.39 is 0 Å². The van der Waals surface area contributed by atoms with Crippen molar-refractivity contribution in [1.29, 1.82) is 0 Å². The molecule has 150 valence electrons. The molecule has 1 atom stereocenters. The molecule has 0 saturated carbocycles. The third-order valence-electron chi connectivity index (χ3n) is 5.14. The van der Waals surface area contributed by atoms with Gasteiger partial charge < -0.3 is 14.8 Å². The van der Waals surface area contributed by atoms with Crippen LogP contribution in [0.2, 0.25) is 0 Å². The van der Waals surface area contributed by atoms with Crippen molar-refractivity contribution in [3.05, 3.63) is 65.4 Å². The Labute approximate surface area is 170 Å². The Morgan fingerprint density at radius 1 is 1.14 bits per heavy atom. The molecule has 1 aliphatic heterocycles. The third-order valence-corrected chi connectivity index (χ3v) is 5.14. The molecule has 1 unspecified atom stereocenters. The molecule has 0 bridgehead atoms. The number of benzene rings is 2. The van der Waals surface area contributed by atoms with E-state index in [9.17, 15) is 4.79 Å². The average Bonchev–Trinajstić information content (AvgIpc) is 3.15. The molecule has 0 radical (unpaired) electrons. The first-order valence-corrected chi connectivity index (χ1v) is 9.98. The number of nitrogens with one attached hydrogen (secondary N) is 2. The van der Waals surface area contributed by atoms with Crippen LogP contribution in [0.15, 0.2) is 48.5 Å². The lowest BCUT2D eigenvalue weighted by Gasteiger charge is -2.23. The van der Waals surface area contributed by atoms with E-state index >= 15 is 0 Å². The summed E-state index contributed by atoms with van der Waals surface area (Å²) in [6.45, 7) is 5.12. The van der Waals surface area contributed by atoms with Crippen LogP contribution in [0.3, 0.4) is 0 Å². The number of carbonyl (C=O) groups excluding carboxylic acids is 1. The van der Waals surface area contributed by atoms with Gasteiger partial charge in [-0.05, 0) is 31.0 Å². The van der Waals surface area contributed by atoms with Crippen LogP contribution < -0.4 is 14.8 Å². The largest absolute Gasteiger partial charge is 0.486 e. The highest BCUT2D eigenvalue weighted by Crippen LogP contribution is 2.34. The molecule has 3 aromatic rings. The van der Waals surface area contributed by atoms with Crippen LogP contribution in [0.4, 0.5) is 0 Å². The van der Waals surface area contributed by atoms with Crippen LogP contribution >= 0.6 is 0 Å². The summed E-state index contributed by atoms with van der Waals surface area (Å²) in [5.41, 5.74) is 4.11. The second-order valence-electron chi connectivity index (χ2n) is 7.16. The quantitative estimate of drug-likeness (QED) is 0.652. The van der Waals surface area contributed by atoms with Crippen LogP contribution in [0.25, 0.3) is 11.3 Å². The number of ether oxygens (including phenoxy) is 2. The summed E-state index contributed by atoms with van der Waals surface area (Å²) in [5, 5.41) is 10.4. The number of H-pyrrole nitrogens is 1. The first kappa shape index (κ1) is 19.1. The average molecular weight is 391 g/mol. The van der Waals surface area contributed by atoms with E-state index in [2.05, 4.69) is 22.4 Å². The lowest BCUT2D eigenvalue weighted by Crippen LogP contribution is -2.29. The molecule has 0 saturated heterocycles. The van der Waals surface area contributed by atoms with E-state index in [4.69, 9.17) is 9.47 Å². The maximum Gasteiger partial charge on any atom is 0.270 e. The topological polar surface area (TPSA) is 76.2 Å². The summed E-state index contributed by atoms with van der Waals surface area (Å²) in [7, 11) is 0. The summed E-state index contributed by atoms with van der Waals surface area (Å²) >= 11 is 0. The first-order chi connectivity index (χ1) is 14.2. The predicted molar refractivity (Wildman–Crippen MR) is 111 cm³/mol. The number of hydrogen-bond acceptors (Lipinski definition) is 4. The van der Waals surface area contributed by atoms with Gasteiger partial charge in [-0.3, -0.25) is 9.89 Å². The molecular weight excluding hydrogens is 366 g/mol. The zero-order chi connectivity index (χ0) is 20.2. The molecule has 0 aliphatic carbocycles. The van der Waals surface area contributed by atoms with Crippen LogP contribution in [-0.2, 0) is 0 Å². The number of amides is 1. The zero-order valence-corrected chi connectivity index (χ0v) is 16.7. The van der Waals surface area contributed by atoms with E-state index in [1.807, 2.05) is 55.5 Å². The molecule has 6 nitrogen and oxygen atoms in total. The molecule has 1 amide bonds. The molecule has 29 heavy (non-hydrogen) atoms. The minimum absolute atomic E-state index is 0.119. The molecule has 0 fully saturated rings. The molecule has 2 N–H and O–H groups in total. The van der Waals surface area contributed by atoms with Crippen molar-refractivity contribution in [1.82, 2.24) is 15.5 Å². The van der Waals surface area contributed by atoms with Crippen LogP contribution in [0.5, 0.6) is 11.5 Å². The highest BCUT2D eigenvalue weighted by Gasteiger charge is 2.22. The van der Waals surface area contributed by atoms with Crippen molar-refractivity contribution in [2.45, 2.75) is 32.7 Å². The van der Waals surface area contributed by atoms with Crippen molar-refractivity contribution in [2.75, 3.05) is 13.2 Å². The third kappa shape index (κ3) is 3.97. The van der Waals surface area contributed by atoms with Gasteiger partial charge in [-0.2, -0.15) is 5.10 Å². The maximum atomic E-state index is 13.0. The van der Waals surface area contributed by atoms with Crippen molar-refractivity contribution in [2.24, 2.45) is 0 Å². The minimum Gasteiger partial charge on any atom is -0.486 e. The highest BCUT2D eigenvalue weighted by atomic mass is 16.6. The van der Waals surface area contributed by atoms with Gasteiger partial charge in [-0.15, -0.1) is 0 Å². The molecule has 0 spiro atoms. The Morgan fingerprint density at radius 2 is 1.90 bits per heavy atom. The molecule has 2 aromatic carbocycles. The van der Waals surface area contributed by atoms with Crippen LogP contribution in [-0.4, -0.2) is 29.3 Å². The van der Waals surface area contributed by atoms with Gasteiger partial charge in [0.05, 0.1) is 11.7 Å². The summed E-state index contributed by atoms with van der Waals surface area (Å²) in [4.78, 5) is 13.0. The van der Waals surface area contributed by atoms with Gasteiger partial charge >= 0.3 is 0 Å². The van der Waals surface area contributed by atoms with Crippen LogP contribution in [0.1, 0.15) is 47.4 Å². The van der Waals surface area contributed by atoms with E-state index in [0.29, 0.717) is 18.9 Å². The fourth-order valence-corrected chi connectivity index (χ4v) is 3.61. The summed E-state index contributed by atoms with van der Waals surface area (Å²) < 4.78 is 11.3. The summed E-state index contributed by atoms with van der Waals surface area (Å²) in [5.74, 6) is 1.32. The van der Waals surface area contributed by atoms with Gasteiger partial charge in [0.1, 0.15) is 18.9 Å². The summed E-state index contributed by atoms with van der Waals surface area (Å²) in [6.07, 6.45) is 1.76. The maximum absolute atomic E-state index is 13.0. The van der Waals surface area contributed by atoms with Gasteiger partial charge in [0.25, 0.3) is 5.91 Å². The smallest absolute Gasteiger partial charge is 0.270 e. The SMILES string of the molecule is CCCC(NC(=O)c1[nH]nc(-c2ccccc2)c1C)c1ccc2c(c1)OCCO2. The monoisotopic (exact) mass is 391 g/mol. The number of nitrogens with zero attached hydrogens (tertiary/aromatic N) is 1. The molecular formula is C23H25N3O3. The Balaban J connectivity index is 1.56. The Hall–Kier alpha value is -3.28. The standard InChI is InChI=1S/C23H25N3O3/c1-3-7-18(17-10-11-19-20(14-17)29-13-12-28-19)24-23(27)22-15(2)21(25-26-22)16-8-5-4-6-9-16/h4-6,8-11,14,18H,3,7,12-13H2,1-2H3,(H,24,27)(H,25,26). The highest BCUT2D eigenvalue weighted by molar-refractivity contribution is 5.95. The summed E-state index contributed by atoms with van der Waals surface area (Å²) in [6, 6.07) is 15.6. The minimum atomic E-state index is -0.162. The van der Waals surface area contributed by atoms with Crippen molar-refractivity contribution in [3.63, 3.8) is 0 Å². The van der Waals surface area contributed by atoms with E-state index in [1.165, 1.54) is 0 Å². The lowest BCUT2D eigenvalue weighted by molar-refractivity contribution is 0.0928. The second kappa shape index (κ2) is 8.39. The fourth-order valence-electron chi connectivity index (χ4n) is 3.61. The van der Waals surface area contributed by atoms with Crippen molar-refractivity contribution < 1.29 is 14.3 Å². The van der Waals surface area contributed by atoms with Gasteiger partial charge in [0.15, 0.2) is 11.5 Å². The second-order valence-corrected chi connectivity index (χ2v) is 7.16. The van der Waals surface area contributed by atoms with Crippen molar-refractivity contribution >= 4 is 5.91 Å². The Kier molecular flexibility index (Phi) is 5.51. The van der Waals surface area contributed by atoms with E-state index in [0.717, 1.165) is 46.7 Å². The number of hydrogen-bond donors (Lipinski definition) is 2. The van der Waals surface area contributed by atoms with Gasteiger partial charge in [-0.1, -0.05) is 49.7 Å². The van der Waals surface area contributed by atoms with E-state index in [1.54, 1.807) is 0 Å². The number of aromatic amines is 1. The fraction of sp³-hybridized carbons (Fsp3) is 0.304. The molecule has 2 heterocycles. The van der Waals surface area contributed by atoms with Gasteiger partial charge in [-0.25, -0.2) is 0 Å². The van der Waals surface area contributed by atoms with Crippen molar-refractivity contribution in [3.8, 4) is 22.8 Å². The molecule has 4 rings (SSSR count). The van der Waals surface area contributed by atoms with Crippen LogP contribution in [0, 0.1) is 6.92 Å². The zero-order valence-electron chi connectivity index (χ0n) is 16.7. The number of rotatable bonds is 6.